The van der Waals surface area contributed by atoms with Gasteiger partial charge in [0.05, 0.1) is 17.0 Å². The topological polar surface area (TPSA) is 47.3 Å². The van der Waals surface area contributed by atoms with Gasteiger partial charge in [-0.05, 0) is 12.1 Å². The van der Waals surface area contributed by atoms with Crippen LogP contribution in [-0.4, -0.2) is 0 Å². The van der Waals surface area contributed by atoms with Gasteiger partial charge in [-0.2, -0.15) is 0 Å². The minimum atomic E-state index is -0.561. The second kappa shape index (κ2) is 2.57. The van der Waals surface area contributed by atoms with Crippen molar-refractivity contribution in [3.8, 4) is 0 Å². The number of para-hydroxylation sites is 1. The monoisotopic (exact) mass is 180 g/mol. The van der Waals surface area contributed by atoms with Crippen molar-refractivity contribution in [2.75, 3.05) is 0 Å². The Morgan fingerprint density at radius 1 is 1.17 bits per heavy atom. The highest BCUT2D eigenvalue weighted by Crippen LogP contribution is 2.07. The van der Waals surface area contributed by atoms with Crippen LogP contribution >= 0.6 is 11.6 Å². The van der Waals surface area contributed by atoms with E-state index in [0.29, 0.717) is 22.6 Å². The van der Waals surface area contributed by atoms with E-state index in [9.17, 15) is 9.59 Å². The third kappa shape index (κ3) is 0.967. The van der Waals surface area contributed by atoms with Crippen LogP contribution in [0.25, 0.3) is 11.0 Å². The second-order valence-corrected chi connectivity index (χ2v) is 2.98. The molecule has 0 fully saturated rings. The molecule has 0 aliphatic rings. The minimum absolute atomic E-state index is 0.348. The van der Waals surface area contributed by atoms with Crippen molar-refractivity contribution in [1.82, 2.24) is 0 Å². The summed E-state index contributed by atoms with van der Waals surface area (Å²) in [5.74, 6) is 0. The smallest absolute Gasteiger partial charge is 0.313 e. The zero-order valence-corrected chi connectivity index (χ0v) is 6.76. The molecule has 0 bridgehead atoms. The van der Waals surface area contributed by atoms with Gasteiger partial charge in [0.1, 0.15) is 0 Å². The van der Waals surface area contributed by atoms with Crippen LogP contribution < -0.4 is 10.2 Å². The van der Waals surface area contributed by atoms with Gasteiger partial charge in [-0.25, -0.2) is 0 Å². The summed E-state index contributed by atoms with van der Waals surface area (Å²) < 4.78 is 4.39. The molecule has 1 heterocycles. The summed E-state index contributed by atoms with van der Waals surface area (Å²) in [6, 6.07) is 6.69. The van der Waals surface area contributed by atoms with Crippen molar-refractivity contribution in [3.05, 3.63) is 44.0 Å². The van der Waals surface area contributed by atoms with Crippen molar-refractivity contribution >= 4 is 22.6 Å². The third-order valence-corrected chi connectivity index (χ3v) is 2.12. The maximum Gasteiger partial charge on any atom is 0.313 e. The van der Waals surface area contributed by atoms with Gasteiger partial charge in [0.2, 0.25) is 5.43 Å². The van der Waals surface area contributed by atoms with E-state index in [1.54, 1.807) is 24.3 Å². The highest BCUT2D eigenvalue weighted by molar-refractivity contribution is 7.00. The number of rotatable bonds is 0. The maximum atomic E-state index is 11.2. The molecule has 0 aliphatic carbocycles. The van der Waals surface area contributed by atoms with E-state index in [2.05, 4.69) is 0 Å². The molecule has 1 aromatic heterocycles. The Balaban J connectivity index is 3.11. The minimum Gasteiger partial charge on any atom is -0.397 e. The molecule has 0 atom stereocenters. The van der Waals surface area contributed by atoms with Crippen molar-refractivity contribution in [1.29, 1.82) is 0 Å². The van der Waals surface area contributed by atoms with Crippen LogP contribution in [0.4, 0.5) is 0 Å². The van der Waals surface area contributed by atoms with E-state index in [1.165, 1.54) is 0 Å². The maximum absolute atomic E-state index is 11.2. The first-order valence-corrected chi connectivity index (χ1v) is 4.05. The summed E-state index contributed by atoms with van der Waals surface area (Å²) in [6.45, 7) is 0. The van der Waals surface area contributed by atoms with Crippen LogP contribution in [0.3, 0.4) is 0 Å². The lowest BCUT2D eigenvalue weighted by atomic mass is 10.2. The Morgan fingerprint density at radius 3 is 2.75 bits per heavy atom. The fourth-order valence-corrected chi connectivity index (χ4v) is 1.45. The molecule has 2 aromatic rings. The zero-order valence-electron chi connectivity index (χ0n) is 5.94. The molecule has 0 radical (unpaired) electrons. The number of benzene rings is 1. The second-order valence-electron chi connectivity index (χ2n) is 2.28. The Morgan fingerprint density at radius 2 is 1.92 bits per heavy atom. The highest BCUT2D eigenvalue weighted by atomic mass is 32.1. The first-order valence-electron chi connectivity index (χ1n) is 3.31. The Kier molecular flexibility index (Phi) is 1.55. The van der Waals surface area contributed by atoms with Crippen LogP contribution in [-0.2, 0) is 0 Å². The molecule has 0 spiro atoms. The lowest BCUT2D eigenvalue weighted by Crippen LogP contribution is -2.19. The first kappa shape index (κ1) is 7.24. The van der Waals surface area contributed by atoms with E-state index < -0.39 is 10.2 Å². The van der Waals surface area contributed by atoms with Crippen molar-refractivity contribution in [2.24, 2.45) is 0 Å². The predicted molar refractivity (Wildman–Crippen MR) is 46.6 cm³/mol. The van der Waals surface area contributed by atoms with Crippen LogP contribution in [0.15, 0.2) is 37.7 Å². The molecule has 60 valence electrons. The molecule has 0 N–H and O–H groups in total. The lowest BCUT2D eigenvalue weighted by Gasteiger charge is -1.89. The largest absolute Gasteiger partial charge is 0.397 e. The number of fused-ring (bicyclic) bond motifs is 1. The Bertz CT molecular complexity index is 523. The molecule has 0 unspecified atom stereocenters. The van der Waals surface area contributed by atoms with Gasteiger partial charge in [0, 0.05) is 0 Å². The first-order chi connectivity index (χ1) is 5.79. The summed E-state index contributed by atoms with van der Waals surface area (Å²) in [5, 5.41) is 0.348. The van der Waals surface area contributed by atoms with E-state index in [1.807, 2.05) is 0 Å². The molecule has 1 aromatic carbocycles. The van der Waals surface area contributed by atoms with Gasteiger partial charge in [-0.1, -0.05) is 12.1 Å². The highest BCUT2D eigenvalue weighted by Gasteiger charge is 2.02. The van der Waals surface area contributed by atoms with Crippen LogP contribution in [0, 0.1) is 0 Å². The third-order valence-electron chi connectivity index (χ3n) is 1.52. The average Bonchev–Trinajstić information content (AvgIpc) is 2.12. The quantitative estimate of drug-likeness (QED) is 0.572. The number of hydrogen-bond acceptors (Lipinski definition) is 4. The SMILES string of the molecule is O=c1soc2ccccc2c1=O. The van der Waals surface area contributed by atoms with Crippen molar-refractivity contribution in [2.45, 2.75) is 0 Å². The van der Waals surface area contributed by atoms with Crippen molar-refractivity contribution in [3.63, 3.8) is 0 Å². The van der Waals surface area contributed by atoms with E-state index >= 15 is 0 Å². The predicted octanol–water partition coefficient (Wildman–Crippen LogP) is 1.21. The molecule has 4 heteroatoms. The van der Waals surface area contributed by atoms with E-state index in [4.69, 9.17) is 3.85 Å². The molecular formula is C8H4O3S. The fourth-order valence-electron chi connectivity index (χ4n) is 0.957. The zero-order chi connectivity index (χ0) is 8.55. The van der Waals surface area contributed by atoms with Crippen LogP contribution in [0.5, 0.6) is 0 Å². The normalized spacial score (nSPS) is 10.3. The molecule has 0 saturated carbocycles. The van der Waals surface area contributed by atoms with Gasteiger partial charge in [0.25, 0.3) is 0 Å². The fraction of sp³-hybridized carbons (Fsp3) is 0. The molecule has 0 amide bonds. The summed E-state index contributed by atoms with van der Waals surface area (Å²) >= 11 is 0.580. The molecule has 0 aliphatic heterocycles. The van der Waals surface area contributed by atoms with Gasteiger partial charge in [0.15, 0.2) is 5.58 Å². The van der Waals surface area contributed by atoms with Crippen LogP contribution in [0.2, 0.25) is 0 Å². The molecule has 3 nitrogen and oxygen atoms in total. The summed E-state index contributed by atoms with van der Waals surface area (Å²) in [7, 11) is 0. The van der Waals surface area contributed by atoms with Gasteiger partial charge < -0.3 is 3.85 Å². The van der Waals surface area contributed by atoms with Crippen molar-refractivity contribution < 1.29 is 3.85 Å². The average molecular weight is 180 g/mol. The van der Waals surface area contributed by atoms with Crippen LogP contribution in [0.1, 0.15) is 0 Å². The summed E-state index contributed by atoms with van der Waals surface area (Å²) in [4.78, 5) is 22.0. The standard InChI is InChI=1S/C8H4O3S/c9-7-5-3-1-2-4-6(5)11-12-8(7)10/h1-4H. The lowest BCUT2D eigenvalue weighted by molar-refractivity contribution is 0.742. The number of hydrogen-bond donors (Lipinski definition) is 0. The summed E-state index contributed by atoms with van der Waals surface area (Å²) in [5.41, 5.74) is -0.0195. The van der Waals surface area contributed by atoms with E-state index in [0.717, 1.165) is 0 Å². The van der Waals surface area contributed by atoms with Gasteiger partial charge >= 0.3 is 4.74 Å². The van der Waals surface area contributed by atoms with E-state index in [-0.39, 0.29) is 0 Å². The Labute approximate surface area is 71.1 Å². The van der Waals surface area contributed by atoms with Gasteiger partial charge in [-0.15, -0.1) is 0 Å². The molecule has 0 saturated heterocycles. The molecular weight excluding hydrogens is 176 g/mol. The molecule has 2 rings (SSSR count). The Hall–Kier alpha value is -1.42. The van der Waals surface area contributed by atoms with Gasteiger partial charge in [-0.3, -0.25) is 9.59 Å². The summed E-state index contributed by atoms with van der Waals surface area (Å²) in [6.07, 6.45) is 0. The molecule has 12 heavy (non-hydrogen) atoms.